The van der Waals surface area contributed by atoms with Gasteiger partial charge in [0.25, 0.3) is 5.91 Å². The van der Waals surface area contributed by atoms with Gasteiger partial charge in [-0.15, -0.1) is 0 Å². The number of likely N-dealkylation sites (tertiary alicyclic amines) is 1. The second-order valence-electron chi connectivity index (χ2n) is 8.14. The lowest BCUT2D eigenvalue weighted by Gasteiger charge is -2.25. The van der Waals surface area contributed by atoms with Gasteiger partial charge in [-0.25, -0.2) is 9.07 Å². The Balaban J connectivity index is 1.41. The molecule has 1 aromatic heterocycles. The highest BCUT2D eigenvalue weighted by atomic mass is 19.1. The number of aromatic nitrogens is 3. The monoisotopic (exact) mass is 384 g/mol. The van der Waals surface area contributed by atoms with Crippen molar-refractivity contribution in [2.24, 2.45) is 11.8 Å². The predicted octanol–water partition coefficient (Wildman–Crippen LogP) is 1.21. The number of amides is 1. The van der Waals surface area contributed by atoms with Crippen LogP contribution < -0.4 is 11.1 Å². The van der Waals surface area contributed by atoms with Crippen LogP contribution in [0.25, 0.3) is 0 Å². The molecule has 1 amide bonds. The Kier molecular flexibility index (Phi) is 3.96. The molecule has 8 heteroatoms. The van der Waals surface area contributed by atoms with Crippen molar-refractivity contribution in [2.45, 2.75) is 38.3 Å². The lowest BCUT2D eigenvalue weighted by Crippen LogP contribution is -2.45. The standard InChI is InChI=1S/C20H21FN4O3/c21-15-6-4-13(5-7-15)18(26)23-9-14-10-24-17(16(14)11-23)22-25(20(28)19(24)27)8-12-2-1-3-12/h4-7,12,14,16H,1-3,8-11H2/t14-,16-/m1/s1. The van der Waals surface area contributed by atoms with Crippen LogP contribution in [0.2, 0.25) is 0 Å². The van der Waals surface area contributed by atoms with Gasteiger partial charge >= 0.3 is 11.1 Å². The Hall–Kier alpha value is -2.77. The molecule has 3 heterocycles. The number of benzene rings is 1. The first-order chi connectivity index (χ1) is 13.5. The minimum absolute atomic E-state index is 0.0506. The second-order valence-corrected chi connectivity index (χ2v) is 8.14. The Labute approximate surface area is 160 Å². The highest BCUT2D eigenvalue weighted by Gasteiger charge is 2.44. The number of hydrogen-bond acceptors (Lipinski definition) is 4. The minimum atomic E-state index is -0.546. The number of fused-ring (bicyclic) bond motifs is 3. The highest BCUT2D eigenvalue weighted by molar-refractivity contribution is 5.94. The molecule has 2 aromatic rings. The molecule has 1 aliphatic carbocycles. The van der Waals surface area contributed by atoms with Crippen molar-refractivity contribution < 1.29 is 9.18 Å². The van der Waals surface area contributed by atoms with Crippen molar-refractivity contribution in [3.8, 4) is 0 Å². The summed E-state index contributed by atoms with van der Waals surface area (Å²) in [7, 11) is 0. The maximum atomic E-state index is 13.1. The van der Waals surface area contributed by atoms with Gasteiger partial charge in [-0.3, -0.25) is 19.0 Å². The smallest absolute Gasteiger partial charge is 0.332 e. The first-order valence-electron chi connectivity index (χ1n) is 9.78. The van der Waals surface area contributed by atoms with E-state index in [4.69, 9.17) is 0 Å². The van der Waals surface area contributed by atoms with Gasteiger partial charge in [-0.1, -0.05) is 6.42 Å². The molecule has 1 aromatic carbocycles. The molecular formula is C20H21FN4O3. The van der Waals surface area contributed by atoms with Gasteiger partial charge in [-0.2, -0.15) is 5.10 Å². The molecule has 3 aliphatic rings. The first kappa shape index (κ1) is 17.3. The summed E-state index contributed by atoms with van der Waals surface area (Å²) in [5, 5.41) is 4.54. The largest absolute Gasteiger partial charge is 0.338 e. The molecule has 0 bridgehead atoms. The van der Waals surface area contributed by atoms with Gasteiger partial charge in [0.1, 0.15) is 11.6 Å². The van der Waals surface area contributed by atoms with Crippen molar-refractivity contribution in [2.75, 3.05) is 13.1 Å². The van der Waals surface area contributed by atoms with Crippen molar-refractivity contribution in [1.29, 1.82) is 0 Å². The van der Waals surface area contributed by atoms with Gasteiger partial charge in [0.05, 0.1) is 0 Å². The van der Waals surface area contributed by atoms with E-state index in [-0.39, 0.29) is 23.6 Å². The van der Waals surface area contributed by atoms with Crippen LogP contribution in [0.4, 0.5) is 4.39 Å². The Morgan fingerprint density at radius 2 is 1.82 bits per heavy atom. The molecule has 0 N–H and O–H groups in total. The summed E-state index contributed by atoms with van der Waals surface area (Å²) >= 11 is 0. The summed E-state index contributed by atoms with van der Waals surface area (Å²) in [6.07, 6.45) is 3.30. The maximum absolute atomic E-state index is 13.1. The zero-order valence-electron chi connectivity index (χ0n) is 15.4. The van der Waals surface area contributed by atoms with Gasteiger partial charge in [0.15, 0.2) is 0 Å². The van der Waals surface area contributed by atoms with E-state index in [0.29, 0.717) is 43.5 Å². The fourth-order valence-corrected chi connectivity index (χ4v) is 4.57. The molecule has 7 nitrogen and oxygen atoms in total. The predicted molar refractivity (Wildman–Crippen MR) is 98.6 cm³/mol. The first-order valence-corrected chi connectivity index (χ1v) is 9.78. The molecule has 1 saturated heterocycles. The molecule has 0 radical (unpaired) electrons. The van der Waals surface area contributed by atoms with Crippen LogP contribution in [0.1, 0.15) is 41.4 Å². The second kappa shape index (κ2) is 6.39. The van der Waals surface area contributed by atoms with Crippen molar-refractivity contribution >= 4 is 5.91 Å². The summed E-state index contributed by atoms with van der Waals surface area (Å²) in [6.45, 7) is 1.87. The molecule has 0 spiro atoms. The quantitative estimate of drug-likeness (QED) is 0.746. The van der Waals surface area contributed by atoms with Crippen molar-refractivity contribution in [3.05, 3.63) is 62.2 Å². The van der Waals surface area contributed by atoms with Crippen LogP contribution in [0.5, 0.6) is 0 Å². The Morgan fingerprint density at radius 3 is 2.50 bits per heavy atom. The molecule has 146 valence electrons. The molecule has 1 saturated carbocycles. The normalized spacial score (nSPS) is 23.4. The molecular weight excluding hydrogens is 363 g/mol. The van der Waals surface area contributed by atoms with Crippen LogP contribution in [-0.4, -0.2) is 38.2 Å². The number of rotatable bonds is 3. The van der Waals surface area contributed by atoms with Crippen molar-refractivity contribution in [1.82, 2.24) is 19.2 Å². The van der Waals surface area contributed by atoms with Gasteiger partial charge in [-0.05, 0) is 43.0 Å². The third kappa shape index (κ3) is 2.70. The molecule has 2 atom stereocenters. The maximum Gasteiger partial charge on any atom is 0.332 e. The number of nitrogens with zero attached hydrogens (tertiary/aromatic N) is 4. The highest BCUT2D eigenvalue weighted by Crippen LogP contribution is 2.37. The average molecular weight is 384 g/mol. The van der Waals surface area contributed by atoms with Crippen molar-refractivity contribution in [3.63, 3.8) is 0 Å². The fourth-order valence-electron chi connectivity index (χ4n) is 4.57. The fraction of sp³-hybridized carbons (Fsp3) is 0.500. The summed E-state index contributed by atoms with van der Waals surface area (Å²) in [6, 6.07) is 5.52. The van der Waals surface area contributed by atoms with Crippen LogP contribution in [0, 0.1) is 17.7 Å². The van der Waals surface area contributed by atoms with E-state index >= 15 is 0 Å². The van der Waals surface area contributed by atoms with Crippen LogP contribution in [0.15, 0.2) is 33.9 Å². The van der Waals surface area contributed by atoms with Gasteiger partial charge in [0.2, 0.25) is 0 Å². The molecule has 28 heavy (non-hydrogen) atoms. The average Bonchev–Trinajstić information content (AvgIpc) is 3.21. The Morgan fingerprint density at radius 1 is 1.07 bits per heavy atom. The number of carbonyl (C=O) groups is 1. The van der Waals surface area contributed by atoms with Crippen LogP contribution in [0.3, 0.4) is 0 Å². The van der Waals surface area contributed by atoms with Crippen LogP contribution >= 0.6 is 0 Å². The lowest BCUT2D eigenvalue weighted by atomic mass is 9.85. The zero-order valence-corrected chi connectivity index (χ0v) is 15.4. The molecule has 2 fully saturated rings. The topological polar surface area (TPSA) is 77.2 Å². The zero-order chi connectivity index (χ0) is 19.4. The van der Waals surface area contributed by atoms with E-state index in [1.165, 1.54) is 33.5 Å². The number of halogens is 1. The van der Waals surface area contributed by atoms with E-state index in [1.807, 2.05) is 0 Å². The van der Waals surface area contributed by atoms with E-state index in [1.54, 1.807) is 4.90 Å². The minimum Gasteiger partial charge on any atom is -0.338 e. The third-order valence-corrected chi connectivity index (χ3v) is 6.39. The summed E-state index contributed by atoms with van der Waals surface area (Å²) in [5.41, 5.74) is -0.605. The molecule has 5 rings (SSSR count). The third-order valence-electron chi connectivity index (χ3n) is 6.39. The SMILES string of the molecule is O=C(c1ccc(F)cc1)N1C[C@@H]2Cn3c(nn(CC4CCC4)c(=O)c3=O)[C@@H]2C1. The molecule has 0 unspecified atom stereocenters. The lowest BCUT2D eigenvalue weighted by molar-refractivity contribution is 0.0782. The Bertz CT molecular complexity index is 1050. The van der Waals surface area contributed by atoms with E-state index in [9.17, 15) is 18.8 Å². The van der Waals surface area contributed by atoms with E-state index in [2.05, 4.69) is 5.10 Å². The summed E-state index contributed by atoms with van der Waals surface area (Å²) in [4.78, 5) is 39.4. The number of hydrogen-bond donors (Lipinski definition) is 0. The summed E-state index contributed by atoms with van der Waals surface area (Å²) < 4.78 is 15.9. The van der Waals surface area contributed by atoms with E-state index < -0.39 is 11.1 Å². The van der Waals surface area contributed by atoms with Crippen LogP contribution in [-0.2, 0) is 13.1 Å². The number of carbonyl (C=O) groups excluding carboxylic acids is 1. The van der Waals surface area contributed by atoms with Gasteiger partial charge in [0, 0.05) is 43.6 Å². The molecule has 2 aliphatic heterocycles. The van der Waals surface area contributed by atoms with E-state index in [0.717, 1.165) is 19.3 Å². The van der Waals surface area contributed by atoms with Gasteiger partial charge < -0.3 is 4.90 Å². The summed E-state index contributed by atoms with van der Waals surface area (Å²) in [5.74, 6) is 0.532.